The van der Waals surface area contributed by atoms with Gasteiger partial charge < -0.3 is 19.3 Å². The number of ether oxygens (including phenoxy) is 3. The van der Waals surface area contributed by atoms with Gasteiger partial charge in [0.2, 0.25) is 0 Å². The molecule has 17 heavy (non-hydrogen) atoms. The topological polar surface area (TPSA) is 47.9 Å². The summed E-state index contributed by atoms with van der Waals surface area (Å²) in [6.45, 7) is 2.14. The minimum atomic E-state index is -0.485. The number of rotatable bonds is 5. The third-order valence-corrected chi connectivity index (χ3v) is 2.66. The van der Waals surface area contributed by atoms with E-state index in [1.54, 1.807) is 0 Å². The molecule has 2 rings (SSSR count). The van der Waals surface area contributed by atoms with Crippen LogP contribution in [0.4, 0.5) is 0 Å². The number of hydrogen-bond donors (Lipinski definition) is 1. The van der Waals surface area contributed by atoms with Gasteiger partial charge in [-0.25, -0.2) is 0 Å². The molecule has 1 heterocycles. The normalized spacial score (nSPS) is 22.3. The zero-order valence-electron chi connectivity index (χ0n) is 9.75. The Morgan fingerprint density at radius 2 is 2.12 bits per heavy atom. The zero-order valence-corrected chi connectivity index (χ0v) is 9.75. The number of benzene rings is 1. The minimum Gasteiger partial charge on any atom is -0.388 e. The molecule has 0 aliphatic carbocycles. The Morgan fingerprint density at radius 1 is 1.29 bits per heavy atom. The van der Waals surface area contributed by atoms with Crippen molar-refractivity contribution in [1.29, 1.82) is 0 Å². The van der Waals surface area contributed by atoms with Crippen LogP contribution >= 0.6 is 0 Å². The summed E-state index contributed by atoms with van der Waals surface area (Å²) in [7, 11) is 0. The van der Waals surface area contributed by atoms with Gasteiger partial charge in [0.15, 0.2) is 6.29 Å². The minimum absolute atomic E-state index is 0.285. The van der Waals surface area contributed by atoms with Crippen molar-refractivity contribution >= 4 is 0 Å². The van der Waals surface area contributed by atoms with E-state index >= 15 is 0 Å². The van der Waals surface area contributed by atoms with E-state index in [9.17, 15) is 5.11 Å². The summed E-state index contributed by atoms with van der Waals surface area (Å²) in [6, 6.07) is 9.57. The molecule has 94 valence electrons. The smallest absolute Gasteiger partial charge is 0.180 e. The van der Waals surface area contributed by atoms with Crippen LogP contribution in [0.2, 0.25) is 0 Å². The monoisotopic (exact) mass is 238 g/mol. The molecular weight excluding hydrogens is 220 g/mol. The van der Waals surface area contributed by atoms with Crippen molar-refractivity contribution in [1.82, 2.24) is 0 Å². The molecule has 0 amide bonds. The van der Waals surface area contributed by atoms with Gasteiger partial charge in [0.25, 0.3) is 0 Å². The summed E-state index contributed by atoms with van der Waals surface area (Å²) in [5.74, 6) is 0. The first-order chi connectivity index (χ1) is 8.36. The van der Waals surface area contributed by atoms with Gasteiger partial charge in [-0.1, -0.05) is 30.3 Å². The summed E-state index contributed by atoms with van der Waals surface area (Å²) in [6.07, 6.45) is -0.211. The highest BCUT2D eigenvalue weighted by Gasteiger charge is 2.15. The van der Waals surface area contributed by atoms with Gasteiger partial charge in [0.05, 0.1) is 32.5 Å². The maximum absolute atomic E-state index is 9.90. The fourth-order valence-corrected chi connectivity index (χ4v) is 1.72. The van der Waals surface area contributed by atoms with Crippen LogP contribution in [-0.2, 0) is 14.2 Å². The van der Waals surface area contributed by atoms with Crippen LogP contribution < -0.4 is 0 Å². The lowest BCUT2D eigenvalue weighted by molar-refractivity contribution is -0.213. The van der Waals surface area contributed by atoms with Gasteiger partial charge in [0.1, 0.15) is 0 Å². The Bertz CT molecular complexity index is 308. The Morgan fingerprint density at radius 3 is 2.82 bits per heavy atom. The summed E-state index contributed by atoms with van der Waals surface area (Å²) in [5, 5.41) is 9.90. The molecule has 1 fully saturated rings. The largest absolute Gasteiger partial charge is 0.388 e. The third-order valence-electron chi connectivity index (χ3n) is 2.66. The Labute approximate surface area is 101 Å². The van der Waals surface area contributed by atoms with Crippen LogP contribution in [0.3, 0.4) is 0 Å². The number of aliphatic hydroxyl groups excluding tert-OH is 1. The van der Waals surface area contributed by atoms with Crippen molar-refractivity contribution in [3.8, 4) is 0 Å². The summed E-state index contributed by atoms with van der Waals surface area (Å²) in [4.78, 5) is 0. The van der Waals surface area contributed by atoms with Gasteiger partial charge in [-0.05, 0) is 5.56 Å². The highest BCUT2D eigenvalue weighted by Crippen LogP contribution is 2.16. The highest BCUT2D eigenvalue weighted by atomic mass is 16.7. The molecule has 2 atom stereocenters. The molecule has 0 spiro atoms. The number of aliphatic hydroxyl groups is 1. The molecule has 0 saturated carbocycles. The first kappa shape index (κ1) is 12.5. The van der Waals surface area contributed by atoms with Gasteiger partial charge in [-0.15, -0.1) is 0 Å². The molecule has 4 nitrogen and oxygen atoms in total. The van der Waals surface area contributed by atoms with E-state index in [1.807, 2.05) is 30.3 Å². The molecule has 1 aromatic carbocycles. The fraction of sp³-hybridized carbons (Fsp3) is 0.538. The van der Waals surface area contributed by atoms with E-state index in [0.717, 1.165) is 5.56 Å². The van der Waals surface area contributed by atoms with Gasteiger partial charge in [0, 0.05) is 6.42 Å². The summed E-state index contributed by atoms with van der Waals surface area (Å²) in [5.41, 5.74) is 0.914. The molecular formula is C13H18O4. The summed E-state index contributed by atoms with van der Waals surface area (Å²) >= 11 is 0. The van der Waals surface area contributed by atoms with Crippen LogP contribution in [0, 0.1) is 0 Å². The Hall–Kier alpha value is -0.940. The Kier molecular flexibility index (Phi) is 4.94. The zero-order chi connectivity index (χ0) is 11.9. The first-order valence-corrected chi connectivity index (χ1v) is 5.90. The van der Waals surface area contributed by atoms with Crippen molar-refractivity contribution in [2.45, 2.75) is 18.8 Å². The van der Waals surface area contributed by atoms with Crippen molar-refractivity contribution in [3.05, 3.63) is 35.9 Å². The lowest BCUT2D eigenvalue weighted by Crippen LogP contribution is -2.31. The highest BCUT2D eigenvalue weighted by molar-refractivity contribution is 5.16. The van der Waals surface area contributed by atoms with Crippen LogP contribution in [0.25, 0.3) is 0 Å². The molecule has 1 aliphatic rings. The molecule has 1 N–H and O–H groups in total. The molecule has 1 saturated heterocycles. The van der Waals surface area contributed by atoms with Crippen molar-refractivity contribution in [3.63, 3.8) is 0 Å². The van der Waals surface area contributed by atoms with E-state index in [4.69, 9.17) is 14.2 Å². The second-order valence-electron chi connectivity index (χ2n) is 3.96. The second-order valence-corrected chi connectivity index (χ2v) is 3.96. The standard InChI is InChI=1S/C13H18O4/c14-12(11-4-2-1-3-5-11)6-7-16-13-10-15-8-9-17-13/h1-5,12-14H,6-10H2. The maximum Gasteiger partial charge on any atom is 0.180 e. The molecule has 0 aromatic heterocycles. The van der Waals surface area contributed by atoms with E-state index in [0.29, 0.717) is 32.8 Å². The number of hydrogen-bond acceptors (Lipinski definition) is 4. The average Bonchev–Trinajstić information content (AvgIpc) is 2.41. The van der Waals surface area contributed by atoms with E-state index in [1.165, 1.54) is 0 Å². The molecule has 2 unspecified atom stereocenters. The second kappa shape index (κ2) is 6.71. The van der Waals surface area contributed by atoms with Crippen LogP contribution in [0.5, 0.6) is 0 Å². The predicted molar refractivity (Wildman–Crippen MR) is 62.5 cm³/mol. The van der Waals surface area contributed by atoms with Crippen LogP contribution in [0.15, 0.2) is 30.3 Å². The molecule has 0 bridgehead atoms. The van der Waals surface area contributed by atoms with Crippen molar-refractivity contribution in [2.24, 2.45) is 0 Å². The van der Waals surface area contributed by atoms with Crippen molar-refractivity contribution in [2.75, 3.05) is 26.4 Å². The van der Waals surface area contributed by atoms with E-state index < -0.39 is 6.10 Å². The van der Waals surface area contributed by atoms with Gasteiger partial charge in [-0.3, -0.25) is 0 Å². The SMILES string of the molecule is OC(CCOC1COCCO1)c1ccccc1. The quantitative estimate of drug-likeness (QED) is 0.844. The lowest BCUT2D eigenvalue weighted by Gasteiger charge is -2.23. The molecule has 1 aromatic rings. The molecule has 1 aliphatic heterocycles. The summed E-state index contributed by atoms with van der Waals surface area (Å²) < 4.78 is 16.0. The van der Waals surface area contributed by atoms with Gasteiger partial charge >= 0.3 is 0 Å². The average molecular weight is 238 g/mol. The van der Waals surface area contributed by atoms with Crippen molar-refractivity contribution < 1.29 is 19.3 Å². The lowest BCUT2D eigenvalue weighted by atomic mass is 10.1. The van der Waals surface area contributed by atoms with E-state index in [-0.39, 0.29) is 6.29 Å². The molecule has 4 heteroatoms. The van der Waals surface area contributed by atoms with Crippen LogP contribution in [-0.4, -0.2) is 37.8 Å². The van der Waals surface area contributed by atoms with E-state index in [2.05, 4.69) is 0 Å². The Balaban J connectivity index is 1.67. The predicted octanol–water partition coefficient (Wildman–Crippen LogP) is 1.50. The fourth-order valence-electron chi connectivity index (χ4n) is 1.72. The van der Waals surface area contributed by atoms with Crippen LogP contribution in [0.1, 0.15) is 18.1 Å². The van der Waals surface area contributed by atoms with Gasteiger partial charge in [-0.2, -0.15) is 0 Å². The molecule has 0 radical (unpaired) electrons. The third kappa shape index (κ3) is 4.09. The maximum atomic E-state index is 9.90. The first-order valence-electron chi connectivity index (χ1n) is 5.90.